The lowest BCUT2D eigenvalue weighted by Gasteiger charge is -2.17. The first-order valence-electron chi connectivity index (χ1n) is 5.51. The van der Waals surface area contributed by atoms with Gasteiger partial charge in [-0.2, -0.15) is 5.10 Å². The topological polar surface area (TPSA) is 107 Å². The Hall–Kier alpha value is -1.76. The van der Waals surface area contributed by atoms with E-state index in [0.29, 0.717) is 11.4 Å². The van der Waals surface area contributed by atoms with Crippen LogP contribution in [0.5, 0.6) is 0 Å². The number of carbonyl (C=O) groups is 1. The number of nitrogens with one attached hydrogen (secondary N) is 1. The number of rotatable bonds is 5. The molecule has 1 heterocycles. The third-order valence-electron chi connectivity index (χ3n) is 2.59. The monoisotopic (exact) mass is 267 g/mol. The molecular formula is C11H17N5OS. The number of aromatic nitrogens is 2. The fraction of sp³-hybridized carbons (Fsp3) is 0.455. The predicted octanol–water partition coefficient (Wildman–Crippen LogP) is 0.403. The molecule has 0 bridgehead atoms. The van der Waals surface area contributed by atoms with E-state index in [2.05, 4.69) is 15.5 Å². The van der Waals surface area contributed by atoms with Gasteiger partial charge in [0.25, 0.3) is 0 Å². The summed E-state index contributed by atoms with van der Waals surface area (Å²) in [6.45, 7) is 5.54. The van der Waals surface area contributed by atoms with Crippen LogP contribution in [0.3, 0.4) is 0 Å². The highest BCUT2D eigenvalue weighted by Crippen LogP contribution is 2.19. The number of aryl methyl sites for hydroxylation is 1. The minimum atomic E-state index is -0.385. The number of carbonyl (C=O) groups excluding carboxylic acids is 1. The minimum Gasteiger partial charge on any atom is -0.389 e. The minimum absolute atomic E-state index is 0.160. The molecule has 1 aromatic heterocycles. The van der Waals surface area contributed by atoms with E-state index in [4.69, 9.17) is 23.7 Å². The Morgan fingerprint density at radius 3 is 2.50 bits per heavy atom. The molecule has 0 aliphatic rings. The summed E-state index contributed by atoms with van der Waals surface area (Å²) >= 11 is 5.02. The van der Waals surface area contributed by atoms with Gasteiger partial charge >= 0.3 is 0 Å². The van der Waals surface area contributed by atoms with Gasteiger partial charge in [0.05, 0.1) is 11.3 Å². The molecule has 0 radical (unpaired) electrons. The highest BCUT2D eigenvalue weighted by Gasteiger charge is 2.16. The molecule has 0 aromatic carbocycles. The largest absolute Gasteiger partial charge is 0.389 e. The van der Waals surface area contributed by atoms with E-state index in [0.717, 1.165) is 11.3 Å². The predicted molar refractivity (Wildman–Crippen MR) is 74.3 cm³/mol. The second kappa shape index (κ2) is 5.72. The molecule has 6 nitrogen and oxygen atoms in total. The standard InChI is InChI=1S/C11H17N5OS/c1-5(4-8(12)17)14-11-9(10(13)18)6(2)7(3)15-16-11/h5H,4H2,1-3H3,(H2,12,17)(H2,13,18)(H,14,16). The van der Waals surface area contributed by atoms with Crippen molar-refractivity contribution in [1.29, 1.82) is 0 Å². The van der Waals surface area contributed by atoms with Crippen molar-refractivity contribution >= 4 is 28.9 Å². The lowest BCUT2D eigenvalue weighted by Crippen LogP contribution is -2.27. The summed E-state index contributed by atoms with van der Waals surface area (Å²) in [5.74, 6) is 0.100. The molecule has 5 N–H and O–H groups in total. The molecule has 0 saturated carbocycles. The quantitative estimate of drug-likeness (QED) is 0.667. The zero-order chi connectivity index (χ0) is 13.9. The molecule has 0 aliphatic heterocycles. The van der Waals surface area contributed by atoms with Gasteiger partial charge in [0.15, 0.2) is 5.82 Å². The average molecular weight is 267 g/mol. The molecule has 1 rings (SSSR count). The summed E-state index contributed by atoms with van der Waals surface area (Å²) in [4.78, 5) is 11.1. The summed E-state index contributed by atoms with van der Waals surface area (Å²) in [6.07, 6.45) is 0.200. The number of hydrogen-bond acceptors (Lipinski definition) is 5. The zero-order valence-electron chi connectivity index (χ0n) is 10.7. The zero-order valence-corrected chi connectivity index (χ0v) is 11.5. The summed E-state index contributed by atoms with van der Waals surface area (Å²) in [5.41, 5.74) is 13.1. The van der Waals surface area contributed by atoms with E-state index < -0.39 is 0 Å². The van der Waals surface area contributed by atoms with Crippen molar-refractivity contribution < 1.29 is 4.79 Å². The first-order chi connectivity index (χ1) is 8.32. The van der Waals surface area contributed by atoms with E-state index >= 15 is 0 Å². The van der Waals surface area contributed by atoms with Gasteiger partial charge in [0, 0.05) is 12.5 Å². The fourth-order valence-electron chi connectivity index (χ4n) is 1.60. The second-order valence-corrected chi connectivity index (χ2v) is 4.65. The number of thiocarbonyl (C=S) groups is 1. The van der Waals surface area contributed by atoms with Crippen LogP contribution in [0.15, 0.2) is 0 Å². The number of primary amides is 1. The van der Waals surface area contributed by atoms with E-state index in [9.17, 15) is 4.79 Å². The van der Waals surface area contributed by atoms with E-state index in [1.165, 1.54) is 0 Å². The SMILES string of the molecule is Cc1nnc(NC(C)CC(N)=O)c(C(N)=S)c1C. The van der Waals surface area contributed by atoms with Gasteiger partial charge in [-0.1, -0.05) is 12.2 Å². The Bertz CT molecular complexity index is 489. The van der Waals surface area contributed by atoms with Crippen molar-refractivity contribution in [1.82, 2.24) is 10.2 Å². The van der Waals surface area contributed by atoms with Crippen LogP contribution in [0.25, 0.3) is 0 Å². The first-order valence-corrected chi connectivity index (χ1v) is 5.92. The van der Waals surface area contributed by atoms with Crippen LogP contribution in [0.4, 0.5) is 5.82 Å². The van der Waals surface area contributed by atoms with Crippen LogP contribution >= 0.6 is 12.2 Å². The van der Waals surface area contributed by atoms with Gasteiger partial charge < -0.3 is 16.8 Å². The molecule has 1 aromatic rings. The maximum atomic E-state index is 10.8. The van der Waals surface area contributed by atoms with Gasteiger partial charge in [-0.05, 0) is 26.3 Å². The first kappa shape index (κ1) is 14.3. The molecule has 7 heteroatoms. The van der Waals surface area contributed by atoms with E-state index in [1.807, 2.05) is 20.8 Å². The van der Waals surface area contributed by atoms with Gasteiger partial charge in [0.1, 0.15) is 4.99 Å². The lowest BCUT2D eigenvalue weighted by molar-refractivity contribution is -0.118. The number of anilines is 1. The van der Waals surface area contributed by atoms with Crippen molar-refractivity contribution in [3.63, 3.8) is 0 Å². The van der Waals surface area contributed by atoms with Gasteiger partial charge in [-0.15, -0.1) is 5.10 Å². The maximum absolute atomic E-state index is 10.8. The Labute approximate surface area is 111 Å². The smallest absolute Gasteiger partial charge is 0.219 e. The lowest BCUT2D eigenvalue weighted by atomic mass is 10.1. The Balaban J connectivity index is 3.06. The molecule has 18 heavy (non-hydrogen) atoms. The van der Waals surface area contributed by atoms with Crippen molar-refractivity contribution in [3.05, 3.63) is 16.8 Å². The van der Waals surface area contributed by atoms with Gasteiger partial charge in [-0.25, -0.2) is 0 Å². The number of hydrogen-bond donors (Lipinski definition) is 3. The van der Waals surface area contributed by atoms with Crippen LogP contribution < -0.4 is 16.8 Å². The highest BCUT2D eigenvalue weighted by molar-refractivity contribution is 7.80. The molecule has 1 amide bonds. The summed E-state index contributed by atoms with van der Waals surface area (Å²) in [6, 6.07) is -0.160. The molecule has 0 aliphatic carbocycles. The molecule has 1 atom stereocenters. The van der Waals surface area contributed by atoms with E-state index in [1.54, 1.807) is 0 Å². The molecule has 0 spiro atoms. The molecular weight excluding hydrogens is 250 g/mol. The average Bonchev–Trinajstić information content (AvgIpc) is 2.21. The summed E-state index contributed by atoms with van der Waals surface area (Å²) < 4.78 is 0. The molecule has 1 unspecified atom stereocenters. The van der Waals surface area contributed by atoms with Crippen molar-refractivity contribution in [2.75, 3.05) is 5.32 Å². The number of nitrogens with zero attached hydrogens (tertiary/aromatic N) is 2. The third kappa shape index (κ3) is 3.36. The number of nitrogens with two attached hydrogens (primary N) is 2. The third-order valence-corrected chi connectivity index (χ3v) is 2.80. The summed E-state index contributed by atoms with van der Waals surface area (Å²) in [5, 5.41) is 11.1. The van der Waals surface area contributed by atoms with Crippen LogP contribution in [0.2, 0.25) is 0 Å². The van der Waals surface area contributed by atoms with E-state index in [-0.39, 0.29) is 23.4 Å². The Morgan fingerprint density at radius 1 is 1.39 bits per heavy atom. The molecule has 98 valence electrons. The van der Waals surface area contributed by atoms with Crippen LogP contribution in [0, 0.1) is 13.8 Å². The maximum Gasteiger partial charge on any atom is 0.219 e. The van der Waals surface area contributed by atoms with Crippen LogP contribution in [0.1, 0.15) is 30.2 Å². The van der Waals surface area contributed by atoms with Crippen molar-refractivity contribution in [3.8, 4) is 0 Å². The van der Waals surface area contributed by atoms with Gasteiger partial charge in [0.2, 0.25) is 5.91 Å². The van der Waals surface area contributed by atoms with Crippen LogP contribution in [-0.2, 0) is 4.79 Å². The highest BCUT2D eigenvalue weighted by atomic mass is 32.1. The van der Waals surface area contributed by atoms with Crippen molar-refractivity contribution in [2.24, 2.45) is 11.5 Å². The second-order valence-electron chi connectivity index (χ2n) is 4.21. The number of amides is 1. The fourth-order valence-corrected chi connectivity index (χ4v) is 1.85. The van der Waals surface area contributed by atoms with Crippen molar-refractivity contribution in [2.45, 2.75) is 33.2 Å². The molecule has 0 fully saturated rings. The Kier molecular flexibility index (Phi) is 4.55. The summed E-state index contributed by atoms with van der Waals surface area (Å²) in [7, 11) is 0. The van der Waals surface area contributed by atoms with Gasteiger partial charge in [-0.3, -0.25) is 4.79 Å². The van der Waals surface area contributed by atoms with Crippen LogP contribution in [-0.4, -0.2) is 27.1 Å². The normalized spacial score (nSPS) is 11.9. The molecule has 0 saturated heterocycles. The Morgan fingerprint density at radius 2 is 2.00 bits per heavy atom.